The molecule has 3 rings (SSSR count). The zero-order chi connectivity index (χ0) is 19.9. The van der Waals surface area contributed by atoms with Crippen molar-refractivity contribution >= 4 is 17.0 Å². The number of hydrogen-bond acceptors (Lipinski definition) is 3. The molecule has 0 bridgehead atoms. The molecule has 0 saturated heterocycles. The lowest BCUT2D eigenvalue weighted by atomic mass is 10.2. The Kier molecular flexibility index (Phi) is 6.53. The molecule has 0 fully saturated rings. The van der Waals surface area contributed by atoms with Gasteiger partial charge in [-0.3, -0.25) is 0 Å². The van der Waals surface area contributed by atoms with E-state index in [1.807, 2.05) is 43.4 Å². The van der Waals surface area contributed by atoms with Gasteiger partial charge in [0.25, 0.3) is 0 Å². The Morgan fingerprint density at radius 3 is 2.64 bits per heavy atom. The van der Waals surface area contributed by atoms with E-state index in [1.54, 1.807) is 0 Å². The van der Waals surface area contributed by atoms with Gasteiger partial charge in [0.1, 0.15) is 24.2 Å². The summed E-state index contributed by atoms with van der Waals surface area (Å²) < 4.78 is 8.12. The Labute approximate surface area is 166 Å². The van der Waals surface area contributed by atoms with Gasteiger partial charge in [-0.2, -0.15) is 0 Å². The number of aryl methyl sites for hydroxylation is 2. The monoisotopic (exact) mass is 379 g/mol. The largest absolute Gasteiger partial charge is 0.489 e. The third-order valence-corrected chi connectivity index (χ3v) is 4.58. The minimum Gasteiger partial charge on any atom is -0.489 e. The summed E-state index contributed by atoms with van der Waals surface area (Å²) >= 11 is 0. The molecule has 1 unspecified atom stereocenters. The summed E-state index contributed by atoms with van der Waals surface area (Å²) in [5.74, 6) is 2.61. The van der Waals surface area contributed by atoms with E-state index in [0.29, 0.717) is 13.1 Å². The Bertz CT molecular complexity index is 947. The van der Waals surface area contributed by atoms with Crippen molar-refractivity contribution in [3.63, 3.8) is 0 Å². The molecule has 3 aromatic rings. The fraction of sp³-hybridized carbons (Fsp3) is 0.364. The summed E-state index contributed by atoms with van der Waals surface area (Å²) in [6, 6.07) is 16.2. The van der Waals surface area contributed by atoms with Crippen LogP contribution in [0.3, 0.4) is 0 Å². The average Bonchev–Trinajstić information content (AvgIpc) is 3.02. The maximum absolute atomic E-state index is 6.03. The summed E-state index contributed by atoms with van der Waals surface area (Å²) in [5.41, 5.74) is 3.25. The molecule has 0 aliphatic carbocycles. The van der Waals surface area contributed by atoms with Gasteiger partial charge in [-0.05, 0) is 44.5 Å². The molecule has 0 aliphatic heterocycles. The Morgan fingerprint density at radius 2 is 1.89 bits per heavy atom. The van der Waals surface area contributed by atoms with Gasteiger partial charge in [-0.25, -0.2) is 9.98 Å². The van der Waals surface area contributed by atoms with Crippen LogP contribution in [0.5, 0.6) is 5.75 Å². The number of aromatic nitrogens is 2. The lowest BCUT2D eigenvalue weighted by molar-refractivity contribution is 0.222. The molecule has 6 heteroatoms. The van der Waals surface area contributed by atoms with Crippen molar-refractivity contribution in [1.29, 1.82) is 0 Å². The van der Waals surface area contributed by atoms with Gasteiger partial charge in [-0.15, -0.1) is 0 Å². The van der Waals surface area contributed by atoms with Crippen LogP contribution in [-0.4, -0.2) is 34.7 Å². The Morgan fingerprint density at radius 1 is 1.14 bits per heavy atom. The first-order valence-electron chi connectivity index (χ1n) is 9.73. The van der Waals surface area contributed by atoms with Gasteiger partial charge >= 0.3 is 0 Å². The number of guanidine groups is 1. The number of fused-ring (bicyclic) bond motifs is 1. The normalized spacial score (nSPS) is 12.8. The molecule has 0 radical (unpaired) electrons. The standard InChI is InChI=1S/C22H29N5O/c1-5-23-22(24-14-17(3)28-20-13-9-6-10-16(20)2)25-15-21-26-18-11-7-8-12-19(18)27(21)4/h6-13,17H,5,14-15H2,1-4H3,(H2,23,24,25). The second-order valence-electron chi connectivity index (χ2n) is 6.85. The van der Waals surface area contributed by atoms with E-state index >= 15 is 0 Å². The van der Waals surface area contributed by atoms with Crippen molar-refractivity contribution in [1.82, 2.24) is 20.2 Å². The number of para-hydroxylation sites is 3. The molecule has 148 valence electrons. The first-order valence-corrected chi connectivity index (χ1v) is 9.73. The maximum atomic E-state index is 6.03. The van der Waals surface area contributed by atoms with Gasteiger partial charge in [0.05, 0.1) is 17.6 Å². The molecule has 2 N–H and O–H groups in total. The predicted molar refractivity (Wildman–Crippen MR) is 115 cm³/mol. The van der Waals surface area contributed by atoms with Crippen LogP contribution >= 0.6 is 0 Å². The predicted octanol–water partition coefficient (Wildman–Crippen LogP) is 3.40. The second kappa shape index (κ2) is 9.26. The lowest BCUT2D eigenvalue weighted by Crippen LogP contribution is -2.41. The summed E-state index contributed by atoms with van der Waals surface area (Å²) in [7, 11) is 2.03. The SMILES string of the molecule is CCNC(=NCc1nc2ccccc2n1C)NCC(C)Oc1ccccc1C. The van der Waals surface area contributed by atoms with Crippen molar-refractivity contribution in [3.8, 4) is 5.75 Å². The molecule has 0 amide bonds. The number of ether oxygens (including phenoxy) is 1. The highest BCUT2D eigenvalue weighted by Crippen LogP contribution is 2.17. The van der Waals surface area contributed by atoms with E-state index in [-0.39, 0.29) is 6.10 Å². The van der Waals surface area contributed by atoms with Crippen LogP contribution in [-0.2, 0) is 13.6 Å². The Balaban J connectivity index is 1.62. The minimum absolute atomic E-state index is 0.0145. The van der Waals surface area contributed by atoms with Crippen LogP contribution in [0.2, 0.25) is 0 Å². The summed E-state index contributed by atoms with van der Waals surface area (Å²) in [6.45, 7) is 8.11. The highest BCUT2D eigenvalue weighted by atomic mass is 16.5. The molecular formula is C22H29N5O. The van der Waals surface area contributed by atoms with Gasteiger partial charge in [0.2, 0.25) is 0 Å². The number of hydrogen-bond donors (Lipinski definition) is 2. The van der Waals surface area contributed by atoms with E-state index in [9.17, 15) is 0 Å². The summed E-state index contributed by atoms with van der Waals surface area (Å²) in [4.78, 5) is 9.37. The quantitative estimate of drug-likeness (QED) is 0.488. The van der Waals surface area contributed by atoms with Crippen molar-refractivity contribution in [2.75, 3.05) is 13.1 Å². The van der Waals surface area contributed by atoms with Crippen LogP contribution in [0.1, 0.15) is 25.2 Å². The van der Waals surface area contributed by atoms with E-state index in [2.05, 4.69) is 53.1 Å². The average molecular weight is 380 g/mol. The van der Waals surface area contributed by atoms with E-state index in [1.165, 1.54) is 0 Å². The van der Waals surface area contributed by atoms with E-state index in [0.717, 1.165) is 40.7 Å². The number of rotatable bonds is 7. The van der Waals surface area contributed by atoms with Crippen LogP contribution in [0, 0.1) is 6.92 Å². The van der Waals surface area contributed by atoms with E-state index in [4.69, 9.17) is 9.73 Å². The van der Waals surface area contributed by atoms with Crippen LogP contribution in [0.4, 0.5) is 0 Å². The molecular weight excluding hydrogens is 350 g/mol. The third-order valence-electron chi connectivity index (χ3n) is 4.58. The zero-order valence-electron chi connectivity index (χ0n) is 17.1. The highest BCUT2D eigenvalue weighted by Gasteiger charge is 2.09. The molecule has 2 aromatic carbocycles. The van der Waals surface area contributed by atoms with Gasteiger partial charge in [0.15, 0.2) is 5.96 Å². The summed E-state index contributed by atoms with van der Waals surface area (Å²) in [6.07, 6.45) is 0.0145. The van der Waals surface area contributed by atoms with Gasteiger partial charge in [0, 0.05) is 13.6 Å². The first-order chi connectivity index (χ1) is 13.6. The Hall–Kier alpha value is -3.02. The van der Waals surface area contributed by atoms with Crippen molar-refractivity contribution in [3.05, 3.63) is 59.9 Å². The van der Waals surface area contributed by atoms with Crippen molar-refractivity contribution < 1.29 is 4.74 Å². The van der Waals surface area contributed by atoms with Crippen LogP contribution in [0.15, 0.2) is 53.5 Å². The number of imidazole rings is 1. The number of nitrogens with one attached hydrogen (secondary N) is 2. The van der Waals surface area contributed by atoms with E-state index < -0.39 is 0 Å². The van der Waals surface area contributed by atoms with Crippen LogP contribution in [0.25, 0.3) is 11.0 Å². The third kappa shape index (κ3) is 4.82. The first kappa shape index (κ1) is 19.7. The molecule has 1 heterocycles. The molecule has 1 atom stereocenters. The second-order valence-corrected chi connectivity index (χ2v) is 6.85. The smallest absolute Gasteiger partial charge is 0.191 e. The van der Waals surface area contributed by atoms with Crippen LogP contribution < -0.4 is 15.4 Å². The zero-order valence-corrected chi connectivity index (χ0v) is 17.1. The fourth-order valence-corrected chi connectivity index (χ4v) is 3.02. The molecule has 1 aromatic heterocycles. The maximum Gasteiger partial charge on any atom is 0.191 e. The highest BCUT2D eigenvalue weighted by molar-refractivity contribution is 5.80. The number of nitrogens with zero attached hydrogens (tertiary/aromatic N) is 3. The molecule has 0 saturated carbocycles. The van der Waals surface area contributed by atoms with Crippen molar-refractivity contribution in [2.45, 2.75) is 33.4 Å². The molecule has 6 nitrogen and oxygen atoms in total. The van der Waals surface area contributed by atoms with Gasteiger partial charge < -0.3 is 19.9 Å². The lowest BCUT2D eigenvalue weighted by Gasteiger charge is -2.18. The number of benzene rings is 2. The van der Waals surface area contributed by atoms with Gasteiger partial charge in [-0.1, -0.05) is 30.3 Å². The summed E-state index contributed by atoms with van der Waals surface area (Å²) in [5, 5.41) is 6.64. The number of aliphatic imine (C=N–C) groups is 1. The molecule has 0 spiro atoms. The molecule has 28 heavy (non-hydrogen) atoms. The molecule has 0 aliphatic rings. The fourth-order valence-electron chi connectivity index (χ4n) is 3.02. The minimum atomic E-state index is 0.0145. The topological polar surface area (TPSA) is 63.5 Å². The van der Waals surface area contributed by atoms with Crippen molar-refractivity contribution in [2.24, 2.45) is 12.0 Å².